The summed E-state index contributed by atoms with van der Waals surface area (Å²) in [6.45, 7) is 11.1. The average Bonchev–Trinajstić information content (AvgIpc) is 2.82. The molecule has 1 aromatic carbocycles. The number of carbonyl (C=O) groups excluding carboxylic acids is 3. The molecule has 3 amide bonds. The minimum absolute atomic E-state index is 0.0109. The molecule has 0 radical (unpaired) electrons. The number of amides is 3. The molecule has 1 heterocycles. The molecule has 202 valence electrons. The number of nitrogens with one attached hydrogen (secondary N) is 1. The monoisotopic (exact) mass is 632 g/mol. The molecule has 0 spiro atoms. The molecule has 1 aliphatic rings. The highest BCUT2D eigenvalue weighted by Crippen LogP contribution is 2.37. The number of piperazine rings is 1. The number of likely N-dealkylation sites (N-methyl/N-ethyl adjacent to an activating group) is 1. The summed E-state index contributed by atoms with van der Waals surface area (Å²) in [4.78, 5) is 43.1. The predicted octanol–water partition coefficient (Wildman–Crippen LogP) is 3.97. The van der Waals surface area contributed by atoms with Crippen molar-refractivity contribution >= 4 is 51.4 Å². The molecule has 0 bridgehead atoms. The van der Waals surface area contributed by atoms with Crippen LogP contribution < -0.4 is 5.32 Å². The van der Waals surface area contributed by atoms with Crippen LogP contribution in [0.5, 0.6) is 5.75 Å². The van der Waals surface area contributed by atoms with E-state index in [0.29, 0.717) is 44.1 Å². The Hall–Kier alpha value is -1.53. The lowest BCUT2D eigenvalue weighted by atomic mass is 9.99. The molecule has 0 aliphatic carbocycles. The van der Waals surface area contributed by atoms with E-state index < -0.39 is 6.04 Å². The Morgan fingerprint density at radius 1 is 1.19 bits per heavy atom. The highest BCUT2D eigenvalue weighted by molar-refractivity contribution is 14.1. The van der Waals surface area contributed by atoms with Gasteiger partial charge in [0.2, 0.25) is 5.91 Å². The minimum Gasteiger partial charge on any atom is -0.507 e. The van der Waals surface area contributed by atoms with Crippen LogP contribution in [0.3, 0.4) is 0 Å². The largest absolute Gasteiger partial charge is 0.507 e. The zero-order chi connectivity index (χ0) is 26.8. The van der Waals surface area contributed by atoms with Crippen molar-refractivity contribution in [2.24, 2.45) is 0 Å². The third kappa shape index (κ3) is 9.41. The van der Waals surface area contributed by atoms with Gasteiger partial charge in [0.25, 0.3) is 0 Å². The molecular formula is C26H41IN4O4S. The minimum atomic E-state index is -0.625. The average molecular weight is 633 g/mol. The molecule has 1 saturated heterocycles. The van der Waals surface area contributed by atoms with Crippen LogP contribution >= 0.6 is 34.4 Å². The second-order valence-electron chi connectivity index (χ2n) is 9.48. The summed E-state index contributed by atoms with van der Waals surface area (Å²) in [6.07, 6.45) is 2.62. The summed E-state index contributed by atoms with van der Waals surface area (Å²) in [7, 11) is 2.03. The van der Waals surface area contributed by atoms with Crippen LogP contribution in [0.15, 0.2) is 12.1 Å². The van der Waals surface area contributed by atoms with Gasteiger partial charge in [-0.3, -0.25) is 9.59 Å². The number of aromatic hydroxyl groups is 1. The first kappa shape index (κ1) is 30.7. The number of thioether (sulfide) groups is 1. The second-order valence-corrected chi connectivity index (χ2v) is 12.3. The number of hydrogen-bond acceptors (Lipinski definition) is 6. The Bertz CT molecular complexity index is 908. The Labute approximate surface area is 233 Å². The van der Waals surface area contributed by atoms with Crippen molar-refractivity contribution in [3.05, 3.63) is 28.8 Å². The molecule has 36 heavy (non-hydrogen) atoms. The number of rotatable bonds is 11. The fourth-order valence-corrected chi connectivity index (χ4v) is 5.89. The Kier molecular flexibility index (Phi) is 12.8. The zero-order valence-corrected chi connectivity index (χ0v) is 25.2. The summed E-state index contributed by atoms with van der Waals surface area (Å²) in [6, 6.07) is 3.08. The van der Waals surface area contributed by atoms with Crippen LogP contribution in [0.25, 0.3) is 0 Å². The van der Waals surface area contributed by atoms with E-state index in [0.717, 1.165) is 42.6 Å². The summed E-state index contributed by atoms with van der Waals surface area (Å²) in [5.41, 5.74) is 2.81. The lowest BCUT2D eigenvalue weighted by molar-refractivity contribution is -0.134. The molecular weight excluding hydrogens is 591 g/mol. The Morgan fingerprint density at radius 2 is 1.86 bits per heavy atom. The fourth-order valence-electron chi connectivity index (χ4n) is 4.19. The van der Waals surface area contributed by atoms with Gasteiger partial charge in [-0.1, -0.05) is 59.8 Å². The number of carbonyl (C=O) groups is 3. The third-order valence-corrected chi connectivity index (χ3v) is 8.51. The van der Waals surface area contributed by atoms with Crippen molar-refractivity contribution < 1.29 is 19.5 Å². The standard InChI is InChI=1S/C26H41IN4O4S/c1-6-7-23(27)22-17-21(16-18(2)24(22)33)8-9-31(14-15-36-20(4)32)26(35)28-19(3)25(34)30-12-10-29(5)11-13-30/h16-17,19,23,33H,6-15H2,1-5H3,(H,28,35)/t19-,23?/m0/s1. The molecule has 8 nitrogen and oxygen atoms in total. The van der Waals surface area contributed by atoms with E-state index >= 15 is 0 Å². The smallest absolute Gasteiger partial charge is 0.318 e. The number of phenolic OH excluding ortho intramolecular Hbond substituents is 1. The lowest BCUT2D eigenvalue weighted by Crippen LogP contribution is -2.55. The van der Waals surface area contributed by atoms with Crippen LogP contribution in [0, 0.1) is 6.92 Å². The zero-order valence-electron chi connectivity index (χ0n) is 22.2. The van der Waals surface area contributed by atoms with E-state index in [1.165, 1.54) is 18.7 Å². The van der Waals surface area contributed by atoms with Gasteiger partial charge in [-0.2, -0.15) is 0 Å². The quantitative estimate of drug-likeness (QED) is 0.284. The number of aryl methyl sites for hydroxylation is 1. The van der Waals surface area contributed by atoms with Crippen LogP contribution in [0.2, 0.25) is 0 Å². The number of phenols is 1. The van der Waals surface area contributed by atoms with Crippen molar-refractivity contribution in [3.63, 3.8) is 0 Å². The molecule has 2 rings (SSSR count). The first-order chi connectivity index (χ1) is 17.0. The van der Waals surface area contributed by atoms with Crippen molar-refractivity contribution in [1.82, 2.24) is 20.0 Å². The van der Waals surface area contributed by atoms with E-state index in [1.807, 2.05) is 26.1 Å². The van der Waals surface area contributed by atoms with E-state index in [1.54, 1.807) is 16.7 Å². The number of benzene rings is 1. The number of halogens is 1. The molecule has 1 fully saturated rings. The molecule has 10 heteroatoms. The molecule has 1 unspecified atom stereocenters. The first-order valence-corrected chi connectivity index (χ1v) is 14.9. The van der Waals surface area contributed by atoms with E-state index in [2.05, 4.69) is 39.7 Å². The van der Waals surface area contributed by atoms with Crippen LogP contribution in [-0.2, 0) is 16.0 Å². The van der Waals surface area contributed by atoms with Gasteiger partial charge in [-0.25, -0.2) is 4.79 Å². The Morgan fingerprint density at radius 3 is 2.47 bits per heavy atom. The van der Waals surface area contributed by atoms with E-state index in [-0.39, 0.29) is 21.0 Å². The van der Waals surface area contributed by atoms with Gasteiger partial charge in [0, 0.05) is 61.4 Å². The van der Waals surface area contributed by atoms with Crippen LogP contribution in [-0.4, -0.2) is 95.0 Å². The Balaban J connectivity index is 2.08. The highest BCUT2D eigenvalue weighted by Gasteiger charge is 2.26. The predicted molar refractivity (Wildman–Crippen MR) is 155 cm³/mol. The van der Waals surface area contributed by atoms with E-state index in [9.17, 15) is 19.5 Å². The van der Waals surface area contributed by atoms with Gasteiger partial charge in [0.15, 0.2) is 5.12 Å². The van der Waals surface area contributed by atoms with Gasteiger partial charge in [0.05, 0.1) is 0 Å². The molecule has 1 aliphatic heterocycles. The fraction of sp³-hybridized carbons (Fsp3) is 0.654. The van der Waals surface area contributed by atoms with Crippen LogP contribution in [0.1, 0.15) is 54.2 Å². The molecule has 0 saturated carbocycles. The van der Waals surface area contributed by atoms with Crippen molar-refractivity contribution in [2.45, 2.75) is 56.9 Å². The molecule has 2 N–H and O–H groups in total. The number of urea groups is 1. The maximum Gasteiger partial charge on any atom is 0.318 e. The summed E-state index contributed by atoms with van der Waals surface area (Å²) in [5, 5.41) is 13.5. The normalized spacial score (nSPS) is 15.9. The van der Waals surface area contributed by atoms with Crippen molar-refractivity contribution in [1.29, 1.82) is 0 Å². The van der Waals surface area contributed by atoms with Crippen molar-refractivity contribution in [3.8, 4) is 5.75 Å². The molecule has 2 atom stereocenters. The van der Waals surface area contributed by atoms with E-state index in [4.69, 9.17) is 0 Å². The maximum absolute atomic E-state index is 13.2. The summed E-state index contributed by atoms with van der Waals surface area (Å²) in [5.74, 6) is 0.767. The van der Waals surface area contributed by atoms with Gasteiger partial charge < -0.3 is 25.1 Å². The van der Waals surface area contributed by atoms with Crippen molar-refractivity contribution in [2.75, 3.05) is 52.1 Å². The third-order valence-electron chi connectivity index (χ3n) is 6.42. The second kappa shape index (κ2) is 15.0. The summed E-state index contributed by atoms with van der Waals surface area (Å²) < 4.78 is 0.221. The van der Waals surface area contributed by atoms with Gasteiger partial charge in [0.1, 0.15) is 11.8 Å². The first-order valence-electron chi connectivity index (χ1n) is 12.7. The topological polar surface area (TPSA) is 93.2 Å². The van der Waals surface area contributed by atoms with Crippen LogP contribution in [0.4, 0.5) is 4.79 Å². The van der Waals surface area contributed by atoms with Gasteiger partial charge in [-0.05, 0) is 44.9 Å². The van der Waals surface area contributed by atoms with Gasteiger partial charge >= 0.3 is 6.03 Å². The number of hydrogen-bond donors (Lipinski definition) is 2. The maximum atomic E-state index is 13.2. The molecule has 0 aromatic heterocycles. The SMILES string of the molecule is CCCC(I)c1cc(CCN(CCSC(C)=O)C(=O)N[C@@H](C)C(=O)N2CCN(C)CC2)cc(C)c1O. The molecule has 1 aromatic rings. The number of alkyl halides is 1. The summed E-state index contributed by atoms with van der Waals surface area (Å²) >= 11 is 3.56. The number of nitrogens with zero attached hydrogens (tertiary/aromatic N) is 3. The van der Waals surface area contributed by atoms with Gasteiger partial charge in [-0.15, -0.1) is 0 Å². The lowest BCUT2D eigenvalue weighted by Gasteiger charge is -2.34. The highest BCUT2D eigenvalue weighted by atomic mass is 127.